The number of nitrogens with one attached hydrogen (secondary N) is 2. The zero-order valence-corrected chi connectivity index (χ0v) is 20.8. The number of nitrogens with zero attached hydrogens (tertiary/aromatic N) is 4. The van der Waals surface area contributed by atoms with Crippen molar-refractivity contribution < 1.29 is 4.74 Å². The Hall–Kier alpha value is -1.20. The molecule has 0 bridgehead atoms. The molecule has 1 fully saturated rings. The number of rotatable bonds is 10. The molecule has 0 amide bonds. The van der Waals surface area contributed by atoms with Crippen molar-refractivity contribution in [3.8, 4) is 0 Å². The molecule has 2 N–H and O–H groups in total. The quantitative estimate of drug-likeness (QED) is 0.279. The minimum atomic E-state index is 0. The van der Waals surface area contributed by atoms with Crippen LogP contribution in [0.5, 0.6) is 0 Å². The van der Waals surface area contributed by atoms with Gasteiger partial charge in [-0.1, -0.05) is 12.5 Å². The minimum Gasteiger partial charge on any atom is -0.385 e. The zero-order chi connectivity index (χ0) is 19.8. The number of methoxy groups -OCH3 is 1. The molecule has 0 unspecified atom stereocenters. The van der Waals surface area contributed by atoms with Gasteiger partial charge in [0.25, 0.3) is 0 Å². The van der Waals surface area contributed by atoms with Gasteiger partial charge in [0.05, 0.1) is 0 Å². The number of hydrogen-bond acceptors (Lipinski definition) is 5. The van der Waals surface area contributed by atoms with Gasteiger partial charge in [-0.05, 0) is 49.5 Å². The molecule has 0 aliphatic heterocycles. The highest BCUT2D eigenvalue weighted by molar-refractivity contribution is 14.0. The first-order valence-corrected chi connectivity index (χ1v) is 10.9. The molecular formula is C20H33IN6OS. The lowest BCUT2D eigenvalue weighted by atomic mass is 9.67. The van der Waals surface area contributed by atoms with Crippen LogP contribution in [0.4, 0.5) is 0 Å². The van der Waals surface area contributed by atoms with Crippen molar-refractivity contribution in [2.75, 3.05) is 26.8 Å². The standard InChI is InChI=1S/C20H32N6OS.HI/c1-16-24-25-18(26(16)2)14-22-19(21-11-7-17-6-4-13-28-17)23-15-20(8-5-9-20)10-12-27-3;/h4,6,13H,5,7-12,14-15H2,1-3H3,(H2,21,22,23);1H. The Morgan fingerprint density at radius 1 is 1.34 bits per heavy atom. The normalized spacial score (nSPS) is 15.5. The van der Waals surface area contributed by atoms with E-state index in [1.54, 1.807) is 18.4 Å². The maximum atomic E-state index is 5.32. The average molecular weight is 532 g/mol. The number of aliphatic imine (C=N–C) groups is 1. The topological polar surface area (TPSA) is 76.4 Å². The van der Waals surface area contributed by atoms with E-state index in [-0.39, 0.29) is 24.0 Å². The van der Waals surface area contributed by atoms with Crippen molar-refractivity contribution >= 4 is 41.3 Å². The van der Waals surface area contributed by atoms with Gasteiger partial charge in [0.15, 0.2) is 11.8 Å². The van der Waals surface area contributed by atoms with E-state index >= 15 is 0 Å². The van der Waals surface area contributed by atoms with Crippen molar-refractivity contribution in [1.82, 2.24) is 25.4 Å². The van der Waals surface area contributed by atoms with Crippen LogP contribution in [0.1, 0.15) is 42.2 Å². The molecule has 2 aromatic rings. The summed E-state index contributed by atoms with van der Waals surface area (Å²) < 4.78 is 7.30. The Labute approximate surface area is 194 Å². The summed E-state index contributed by atoms with van der Waals surface area (Å²) >= 11 is 1.79. The number of halogens is 1. The number of ether oxygens (including phenoxy) is 1. The Bertz CT molecular complexity index is 757. The largest absolute Gasteiger partial charge is 0.385 e. The third-order valence-corrected chi connectivity index (χ3v) is 6.62. The zero-order valence-electron chi connectivity index (χ0n) is 17.6. The molecule has 1 aliphatic rings. The smallest absolute Gasteiger partial charge is 0.191 e. The van der Waals surface area contributed by atoms with E-state index in [0.717, 1.165) is 50.1 Å². The Kier molecular flexibility index (Phi) is 9.84. The van der Waals surface area contributed by atoms with Crippen molar-refractivity contribution in [2.45, 2.75) is 45.6 Å². The fourth-order valence-electron chi connectivity index (χ4n) is 3.45. The summed E-state index contributed by atoms with van der Waals surface area (Å²) in [5, 5.41) is 17.5. The third-order valence-electron chi connectivity index (χ3n) is 5.69. The van der Waals surface area contributed by atoms with Crippen molar-refractivity contribution in [2.24, 2.45) is 17.5 Å². The van der Waals surface area contributed by atoms with Gasteiger partial charge in [0.2, 0.25) is 0 Å². The van der Waals surface area contributed by atoms with Gasteiger partial charge in [-0.2, -0.15) is 0 Å². The first kappa shape index (κ1) is 24.1. The van der Waals surface area contributed by atoms with Gasteiger partial charge in [0, 0.05) is 38.7 Å². The molecule has 162 valence electrons. The van der Waals surface area contributed by atoms with E-state index in [9.17, 15) is 0 Å². The molecule has 3 rings (SSSR count). The average Bonchev–Trinajstić information content (AvgIpc) is 3.29. The van der Waals surface area contributed by atoms with Gasteiger partial charge in [0.1, 0.15) is 12.4 Å². The summed E-state index contributed by atoms with van der Waals surface area (Å²) in [6.45, 7) is 5.07. The SMILES string of the molecule is COCCC1(CNC(=NCc2nnc(C)n2C)NCCc2cccs2)CCC1.I. The number of hydrogen-bond donors (Lipinski definition) is 2. The molecule has 9 heteroatoms. The van der Waals surface area contributed by atoms with Gasteiger partial charge in [-0.3, -0.25) is 0 Å². The Morgan fingerprint density at radius 3 is 2.76 bits per heavy atom. The van der Waals surface area contributed by atoms with Crippen LogP contribution in [0.3, 0.4) is 0 Å². The van der Waals surface area contributed by atoms with Crippen LogP contribution >= 0.6 is 35.3 Å². The molecule has 0 radical (unpaired) electrons. The van der Waals surface area contributed by atoms with E-state index in [4.69, 9.17) is 9.73 Å². The van der Waals surface area contributed by atoms with Crippen LogP contribution in [-0.2, 0) is 24.8 Å². The maximum absolute atomic E-state index is 5.32. The van der Waals surface area contributed by atoms with Crippen LogP contribution in [0, 0.1) is 12.3 Å². The molecule has 1 saturated carbocycles. The minimum absolute atomic E-state index is 0. The number of guanidine groups is 1. The van der Waals surface area contributed by atoms with Crippen LogP contribution in [0.25, 0.3) is 0 Å². The van der Waals surface area contributed by atoms with Crippen LogP contribution < -0.4 is 10.6 Å². The van der Waals surface area contributed by atoms with Crippen LogP contribution in [0.2, 0.25) is 0 Å². The Balaban J connectivity index is 0.00000300. The summed E-state index contributed by atoms with van der Waals surface area (Å²) in [4.78, 5) is 6.15. The van der Waals surface area contributed by atoms with E-state index in [2.05, 4.69) is 38.3 Å². The van der Waals surface area contributed by atoms with E-state index in [0.29, 0.717) is 12.0 Å². The van der Waals surface area contributed by atoms with Crippen molar-refractivity contribution in [3.05, 3.63) is 34.0 Å². The molecule has 0 atom stereocenters. The lowest BCUT2D eigenvalue weighted by Gasteiger charge is -2.42. The number of thiophene rings is 1. The summed E-state index contributed by atoms with van der Waals surface area (Å²) in [5.74, 6) is 2.62. The monoisotopic (exact) mass is 532 g/mol. The van der Waals surface area contributed by atoms with Crippen molar-refractivity contribution in [3.63, 3.8) is 0 Å². The summed E-state index contributed by atoms with van der Waals surface area (Å²) in [6, 6.07) is 4.27. The van der Waals surface area contributed by atoms with Crippen LogP contribution in [0.15, 0.2) is 22.5 Å². The summed E-state index contributed by atoms with van der Waals surface area (Å²) in [7, 11) is 3.76. The molecule has 0 saturated heterocycles. The van der Waals surface area contributed by atoms with Crippen molar-refractivity contribution in [1.29, 1.82) is 0 Å². The highest BCUT2D eigenvalue weighted by atomic mass is 127. The van der Waals surface area contributed by atoms with E-state index in [1.807, 2.05) is 18.5 Å². The lowest BCUT2D eigenvalue weighted by Crippen LogP contribution is -2.47. The fraction of sp³-hybridized carbons (Fsp3) is 0.650. The predicted octanol–water partition coefficient (Wildman–Crippen LogP) is 3.29. The van der Waals surface area contributed by atoms with Gasteiger partial charge >= 0.3 is 0 Å². The lowest BCUT2D eigenvalue weighted by molar-refractivity contribution is 0.0732. The molecule has 7 nitrogen and oxygen atoms in total. The second-order valence-corrected chi connectivity index (χ2v) is 8.63. The van der Waals surface area contributed by atoms with Gasteiger partial charge in [-0.25, -0.2) is 4.99 Å². The van der Waals surface area contributed by atoms with Gasteiger partial charge < -0.3 is 19.9 Å². The first-order chi connectivity index (χ1) is 13.6. The highest BCUT2D eigenvalue weighted by Crippen LogP contribution is 2.43. The molecule has 2 heterocycles. The summed E-state index contributed by atoms with van der Waals surface area (Å²) in [5.41, 5.74) is 0.341. The summed E-state index contributed by atoms with van der Waals surface area (Å²) in [6.07, 6.45) is 5.92. The van der Waals surface area contributed by atoms with Crippen LogP contribution in [-0.4, -0.2) is 47.5 Å². The second-order valence-electron chi connectivity index (χ2n) is 7.59. The second kappa shape index (κ2) is 11.8. The molecule has 2 aromatic heterocycles. The first-order valence-electron chi connectivity index (χ1n) is 10.0. The number of aryl methyl sites for hydroxylation is 1. The third kappa shape index (κ3) is 6.92. The maximum Gasteiger partial charge on any atom is 0.191 e. The molecule has 29 heavy (non-hydrogen) atoms. The van der Waals surface area contributed by atoms with E-state index < -0.39 is 0 Å². The highest BCUT2D eigenvalue weighted by Gasteiger charge is 2.36. The van der Waals surface area contributed by atoms with Gasteiger partial charge in [-0.15, -0.1) is 45.5 Å². The molecule has 1 aliphatic carbocycles. The fourth-order valence-corrected chi connectivity index (χ4v) is 4.16. The Morgan fingerprint density at radius 2 is 2.17 bits per heavy atom. The number of aromatic nitrogens is 3. The van der Waals surface area contributed by atoms with E-state index in [1.165, 1.54) is 24.1 Å². The molecule has 0 aromatic carbocycles. The molecular weight excluding hydrogens is 499 g/mol. The predicted molar refractivity (Wildman–Crippen MR) is 129 cm³/mol. The molecule has 0 spiro atoms.